The van der Waals surface area contributed by atoms with Gasteiger partial charge in [-0.2, -0.15) is 5.10 Å². The van der Waals surface area contributed by atoms with Gasteiger partial charge in [0, 0.05) is 39.1 Å². The number of nitrogens with zero attached hydrogens (tertiary/aromatic N) is 2. The van der Waals surface area contributed by atoms with Gasteiger partial charge >= 0.3 is 0 Å². The second-order valence-electron chi connectivity index (χ2n) is 4.59. The lowest BCUT2D eigenvalue weighted by molar-refractivity contribution is 0.146. The highest BCUT2D eigenvalue weighted by molar-refractivity contribution is 9.10. The van der Waals surface area contributed by atoms with Crippen molar-refractivity contribution in [3.63, 3.8) is 0 Å². The third kappa shape index (κ3) is 2.88. The third-order valence-corrected chi connectivity index (χ3v) is 4.30. The van der Waals surface area contributed by atoms with Crippen LogP contribution in [-0.2, 0) is 13.6 Å². The van der Waals surface area contributed by atoms with Crippen molar-refractivity contribution in [3.05, 3.63) is 15.9 Å². The van der Waals surface area contributed by atoms with E-state index in [9.17, 15) is 5.11 Å². The molecule has 2 rings (SSSR count). The van der Waals surface area contributed by atoms with Crippen LogP contribution in [0.3, 0.4) is 0 Å². The first kappa shape index (κ1) is 13.0. The molecular weight excluding hydrogens is 284 g/mol. The Morgan fingerprint density at radius 2 is 2.35 bits per heavy atom. The predicted molar refractivity (Wildman–Crippen MR) is 69.7 cm³/mol. The number of aromatic nitrogens is 2. The molecule has 96 valence electrons. The van der Waals surface area contributed by atoms with Crippen LogP contribution in [0.4, 0.5) is 0 Å². The first-order valence-corrected chi connectivity index (χ1v) is 6.66. The van der Waals surface area contributed by atoms with E-state index in [0.29, 0.717) is 12.5 Å². The van der Waals surface area contributed by atoms with Gasteiger partial charge < -0.3 is 15.7 Å². The summed E-state index contributed by atoms with van der Waals surface area (Å²) in [5.41, 5.74) is 2.15. The van der Waals surface area contributed by atoms with Crippen molar-refractivity contribution in [2.75, 3.05) is 19.6 Å². The summed E-state index contributed by atoms with van der Waals surface area (Å²) < 4.78 is 2.95. The van der Waals surface area contributed by atoms with E-state index in [1.54, 1.807) is 0 Å². The fraction of sp³-hybridized carbons (Fsp3) is 0.727. The van der Waals surface area contributed by atoms with Gasteiger partial charge in [-0.1, -0.05) is 0 Å². The maximum absolute atomic E-state index is 9.67. The zero-order valence-electron chi connectivity index (χ0n) is 10.2. The van der Waals surface area contributed by atoms with E-state index in [4.69, 9.17) is 0 Å². The maximum atomic E-state index is 9.67. The maximum Gasteiger partial charge on any atom is 0.0739 e. The number of nitrogens with one attached hydrogen (secondary N) is 2. The average Bonchev–Trinajstić information content (AvgIpc) is 2.78. The van der Waals surface area contributed by atoms with E-state index in [0.717, 1.165) is 35.5 Å². The Bertz CT molecular complexity index is 393. The van der Waals surface area contributed by atoms with Crippen LogP contribution in [0.25, 0.3) is 0 Å². The van der Waals surface area contributed by atoms with Crippen LogP contribution < -0.4 is 10.6 Å². The van der Waals surface area contributed by atoms with E-state index in [1.807, 2.05) is 18.7 Å². The second-order valence-corrected chi connectivity index (χ2v) is 5.38. The summed E-state index contributed by atoms with van der Waals surface area (Å²) in [5.74, 6) is 0.308. The molecule has 0 bridgehead atoms. The number of halogens is 1. The molecule has 0 aliphatic carbocycles. The third-order valence-electron chi connectivity index (χ3n) is 3.26. The molecule has 2 atom stereocenters. The van der Waals surface area contributed by atoms with Crippen LogP contribution in [0.1, 0.15) is 11.4 Å². The van der Waals surface area contributed by atoms with Crippen LogP contribution in [0.15, 0.2) is 4.47 Å². The van der Waals surface area contributed by atoms with E-state index in [-0.39, 0.29) is 6.10 Å². The van der Waals surface area contributed by atoms with Gasteiger partial charge in [-0.3, -0.25) is 4.68 Å². The van der Waals surface area contributed by atoms with Crippen molar-refractivity contribution in [1.82, 2.24) is 20.4 Å². The van der Waals surface area contributed by atoms with Crippen molar-refractivity contribution < 1.29 is 5.11 Å². The fourth-order valence-electron chi connectivity index (χ4n) is 2.18. The summed E-state index contributed by atoms with van der Waals surface area (Å²) in [5, 5.41) is 20.6. The van der Waals surface area contributed by atoms with E-state index in [1.165, 1.54) is 0 Å². The van der Waals surface area contributed by atoms with E-state index < -0.39 is 0 Å². The zero-order valence-corrected chi connectivity index (χ0v) is 11.8. The zero-order chi connectivity index (χ0) is 12.4. The summed E-state index contributed by atoms with van der Waals surface area (Å²) in [6.45, 7) is 5.17. The molecule has 1 aromatic rings. The Balaban J connectivity index is 1.85. The standard InChI is InChI=1S/C11H19BrN4O/c1-7-11(12)9(16(2)15-7)5-13-3-8-4-14-6-10(8)17/h8,10,13-14,17H,3-6H2,1-2H3. The lowest BCUT2D eigenvalue weighted by Gasteiger charge is -2.14. The molecule has 6 heteroatoms. The predicted octanol–water partition coefficient (Wildman–Crippen LogP) is 0.161. The largest absolute Gasteiger partial charge is 0.391 e. The highest BCUT2D eigenvalue weighted by atomic mass is 79.9. The molecule has 1 aliphatic rings. The minimum atomic E-state index is -0.223. The Morgan fingerprint density at radius 3 is 2.88 bits per heavy atom. The molecule has 0 saturated carbocycles. The van der Waals surface area contributed by atoms with Gasteiger partial charge in [-0.15, -0.1) is 0 Å². The molecule has 2 heterocycles. The summed E-state index contributed by atoms with van der Waals surface area (Å²) in [6.07, 6.45) is -0.223. The number of aliphatic hydroxyl groups is 1. The molecule has 0 amide bonds. The average molecular weight is 303 g/mol. The van der Waals surface area contributed by atoms with Crippen molar-refractivity contribution in [2.45, 2.75) is 19.6 Å². The molecule has 1 aromatic heterocycles. The quantitative estimate of drug-likeness (QED) is 0.741. The number of aliphatic hydroxyl groups excluding tert-OH is 1. The molecular formula is C11H19BrN4O. The van der Waals surface area contributed by atoms with Gasteiger partial charge in [-0.05, 0) is 22.9 Å². The highest BCUT2D eigenvalue weighted by Crippen LogP contribution is 2.20. The van der Waals surface area contributed by atoms with Crippen LogP contribution >= 0.6 is 15.9 Å². The van der Waals surface area contributed by atoms with E-state index in [2.05, 4.69) is 31.7 Å². The summed E-state index contributed by atoms with van der Waals surface area (Å²) in [4.78, 5) is 0. The smallest absolute Gasteiger partial charge is 0.0739 e. The molecule has 3 N–H and O–H groups in total. The second kappa shape index (κ2) is 5.48. The monoisotopic (exact) mass is 302 g/mol. The van der Waals surface area contributed by atoms with Crippen molar-refractivity contribution in [2.24, 2.45) is 13.0 Å². The topological polar surface area (TPSA) is 62.1 Å². The number of hydrogen-bond acceptors (Lipinski definition) is 4. The Labute approximate surface area is 110 Å². The summed E-state index contributed by atoms with van der Waals surface area (Å²) in [7, 11) is 1.95. The number of hydrogen-bond donors (Lipinski definition) is 3. The number of rotatable bonds is 4. The lowest BCUT2D eigenvalue weighted by Crippen LogP contribution is -2.30. The van der Waals surface area contributed by atoms with Crippen LogP contribution in [0, 0.1) is 12.8 Å². The molecule has 2 unspecified atom stereocenters. The first-order valence-electron chi connectivity index (χ1n) is 5.87. The Morgan fingerprint density at radius 1 is 1.59 bits per heavy atom. The Hall–Kier alpha value is -0.430. The van der Waals surface area contributed by atoms with Gasteiger partial charge in [-0.25, -0.2) is 0 Å². The molecule has 0 radical (unpaired) electrons. The molecule has 0 aromatic carbocycles. The number of β-amino-alcohol motifs (C(OH)–C–C–N with tert-alkyl or cyclic N) is 1. The van der Waals surface area contributed by atoms with Gasteiger partial charge in [0.2, 0.25) is 0 Å². The number of aryl methyl sites for hydroxylation is 2. The van der Waals surface area contributed by atoms with Crippen molar-refractivity contribution >= 4 is 15.9 Å². The Kier molecular flexibility index (Phi) is 4.19. The van der Waals surface area contributed by atoms with E-state index >= 15 is 0 Å². The van der Waals surface area contributed by atoms with Crippen LogP contribution in [-0.4, -0.2) is 40.6 Å². The van der Waals surface area contributed by atoms with Gasteiger partial charge in [0.05, 0.1) is 22.0 Å². The lowest BCUT2D eigenvalue weighted by atomic mass is 10.1. The fourth-order valence-corrected chi connectivity index (χ4v) is 2.65. The van der Waals surface area contributed by atoms with Crippen molar-refractivity contribution in [1.29, 1.82) is 0 Å². The molecule has 1 fully saturated rings. The minimum Gasteiger partial charge on any atom is -0.391 e. The normalized spacial score (nSPS) is 24.5. The molecule has 17 heavy (non-hydrogen) atoms. The highest BCUT2D eigenvalue weighted by Gasteiger charge is 2.24. The molecule has 0 spiro atoms. The summed E-state index contributed by atoms with van der Waals surface area (Å²) in [6, 6.07) is 0. The summed E-state index contributed by atoms with van der Waals surface area (Å²) >= 11 is 3.54. The van der Waals surface area contributed by atoms with Gasteiger partial charge in [0.15, 0.2) is 0 Å². The van der Waals surface area contributed by atoms with Crippen molar-refractivity contribution in [3.8, 4) is 0 Å². The molecule has 5 nitrogen and oxygen atoms in total. The minimum absolute atomic E-state index is 0.223. The SMILES string of the molecule is Cc1nn(C)c(CNCC2CNCC2O)c1Br. The van der Waals surface area contributed by atoms with Crippen LogP contribution in [0.5, 0.6) is 0 Å². The van der Waals surface area contributed by atoms with Crippen LogP contribution in [0.2, 0.25) is 0 Å². The first-order chi connectivity index (χ1) is 8.09. The van der Waals surface area contributed by atoms with Gasteiger partial charge in [0.25, 0.3) is 0 Å². The van der Waals surface area contributed by atoms with Gasteiger partial charge in [0.1, 0.15) is 0 Å². The molecule has 1 saturated heterocycles. The molecule has 1 aliphatic heterocycles.